The van der Waals surface area contributed by atoms with Crippen molar-refractivity contribution in [3.63, 3.8) is 0 Å². The number of nitrogens with zero attached hydrogens (tertiary/aromatic N) is 3. The third-order valence-electron chi connectivity index (χ3n) is 3.85. The van der Waals surface area contributed by atoms with Crippen molar-refractivity contribution in [2.75, 3.05) is 13.1 Å². The van der Waals surface area contributed by atoms with Crippen molar-refractivity contribution >= 4 is 11.6 Å². The molecular weight excluding hydrogens is 286 g/mol. The first-order valence-electron chi connectivity index (χ1n) is 7.41. The number of likely N-dealkylation sites (tertiary alicyclic amines) is 1. The molecule has 1 aromatic carbocycles. The molecule has 4 nitrogen and oxygen atoms in total. The maximum absolute atomic E-state index is 5.99. The van der Waals surface area contributed by atoms with E-state index in [1.165, 1.54) is 6.42 Å². The fraction of sp³-hybridized carbons (Fsp3) is 0.500. The minimum absolute atomic E-state index is 0.602. The molecule has 1 aromatic heterocycles. The number of aromatic nitrogens is 2. The minimum Gasteiger partial charge on any atom is -0.338 e. The fourth-order valence-corrected chi connectivity index (χ4v) is 3.37. The first-order valence-corrected chi connectivity index (χ1v) is 7.79. The molecule has 0 spiro atoms. The molecule has 0 bridgehead atoms. The summed E-state index contributed by atoms with van der Waals surface area (Å²) in [5, 5.41) is 4.74. The van der Waals surface area contributed by atoms with Crippen molar-refractivity contribution in [2.24, 2.45) is 11.8 Å². The highest BCUT2D eigenvalue weighted by atomic mass is 35.5. The molecule has 112 valence electrons. The third-order valence-corrected chi connectivity index (χ3v) is 4.09. The van der Waals surface area contributed by atoms with E-state index >= 15 is 0 Å². The zero-order chi connectivity index (χ0) is 14.8. The van der Waals surface area contributed by atoms with Gasteiger partial charge in [0.2, 0.25) is 11.7 Å². The zero-order valence-corrected chi connectivity index (χ0v) is 13.2. The van der Waals surface area contributed by atoms with Crippen molar-refractivity contribution in [1.29, 1.82) is 0 Å². The van der Waals surface area contributed by atoms with E-state index in [9.17, 15) is 0 Å². The van der Waals surface area contributed by atoms with Crippen LogP contribution in [0.4, 0.5) is 0 Å². The fourth-order valence-electron chi connectivity index (χ4n) is 3.18. The van der Waals surface area contributed by atoms with Gasteiger partial charge in [-0.05, 0) is 30.4 Å². The van der Waals surface area contributed by atoms with E-state index in [0.717, 1.165) is 37.0 Å². The van der Waals surface area contributed by atoms with Gasteiger partial charge < -0.3 is 4.52 Å². The first-order chi connectivity index (χ1) is 10.1. The Morgan fingerprint density at radius 1 is 1.29 bits per heavy atom. The molecule has 0 radical (unpaired) electrons. The van der Waals surface area contributed by atoms with Crippen molar-refractivity contribution in [1.82, 2.24) is 15.0 Å². The van der Waals surface area contributed by atoms with Crippen molar-refractivity contribution < 1.29 is 4.52 Å². The monoisotopic (exact) mass is 305 g/mol. The van der Waals surface area contributed by atoms with Gasteiger partial charge in [0.25, 0.3) is 0 Å². The molecule has 1 aliphatic rings. The van der Waals surface area contributed by atoms with Gasteiger partial charge in [0, 0.05) is 23.7 Å². The van der Waals surface area contributed by atoms with Crippen LogP contribution in [0.25, 0.3) is 11.4 Å². The lowest BCUT2D eigenvalue weighted by Gasteiger charge is -2.33. The van der Waals surface area contributed by atoms with E-state index in [4.69, 9.17) is 16.1 Å². The van der Waals surface area contributed by atoms with Gasteiger partial charge in [0.05, 0.1) is 6.54 Å². The molecule has 3 rings (SSSR count). The molecule has 21 heavy (non-hydrogen) atoms. The number of hydrogen-bond donors (Lipinski definition) is 0. The Kier molecular flexibility index (Phi) is 4.27. The molecule has 0 N–H and O–H groups in total. The molecule has 0 amide bonds. The lowest BCUT2D eigenvalue weighted by molar-refractivity contribution is 0.121. The van der Waals surface area contributed by atoms with Gasteiger partial charge in [-0.3, -0.25) is 4.90 Å². The molecule has 5 heteroatoms. The average molecular weight is 306 g/mol. The SMILES string of the molecule is C[C@@H]1C[C@H](C)CN(Cc2nc(-c3cccc(Cl)c3)no2)C1. The molecule has 0 aliphatic carbocycles. The van der Waals surface area contributed by atoms with E-state index in [1.807, 2.05) is 24.3 Å². The lowest BCUT2D eigenvalue weighted by atomic mass is 9.92. The minimum atomic E-state index is 0.602. The Balaban J connectivity index is 1.70. The van der Waals surface area contributed by atoms with E-state index in [1.54, 1.807) is 0 Å². The van der Waals surface area contributed by atoms with Crippen LogP contribution in [0.5, 0.6) is 0 Å². The Morgan fingerprint density at radius 3 is 2.76 bits per heavy atom. The summed E-state index contributed by atoms with van der Waals surface area (Å²) in [6.07, 6.45) is 1.30. The summed E-state index contributed by atoms with van der Waals surface area (Å²) in [6, 6.07) is 7.51. The van der Waals surface area contributed by atoms with Gasteiger partial charge >= 0.3 is 0 Å². The summed E-state index contributed by atoms with van der Waals surface area (Å²) in [5.41, 5.74) is 0.887. The normalized spacial score (nSPS) is 23.4. The maximum atomic E-state index is 5.99. The molecule has 1 fully saturated rings. The molecule has 2 aromatic rings. The Hall–Kier alpha value is -1.39. The predicted molar refractivity (Wildman–Crippen MR) is 83.0 cm³/mol. The summed E-state index contributed by atoms with van der Waals surface area (Å²) < 4.78 is 5.39. The Morgan fingerprint density at radius 2 is 2.05 bits per heavy atom. The summed E-state index contributed by atoms with van der Waals surface area (Å²) in [6.45, 7) is 7.52. The molecule has 0 saturated carbocycles. The summed E-state index contributed by atoms with van der Waals surface area (Å²) in [4.78, 5) is 6.88. The van der Waals surface area contributed by atoms with Crippen LogP contribution in [0, 0.1) is 11.8 Å². The van der Waals surface area contributed by atoms with Crippen LogP contribution in [-0.4, -0.2) is 28.1 Å². The van der Waals surface area contributed by atoms with Crippen LogP contribution < -0.4 is 0 Å². The van der Waals surface area contributed by atoms with Gasteiger partial charge in [0.15, 0.2) is 0 Å². The molecule has 2 atom stereocenters. The first kappa shape index (κ1) is 14.5. The van der Waals surface area contributed by atoms with Crippen LogP contribution in [0.3, 0.4) is 0 Å². The second-order valence-electron chi connectivity index (χ2n) is 6.16. The highest BCUT2D eigenvalue weighted by Crippen LogP contribution is 2.23. The topological polar surface area (TPSA) is 42.2 Å². The summed E-state index contributed by atoms with van der Waals surface area (Å²) in [7, 11) is 0. The lowest BCUT2D eigenvalue weighted by Crippen LogP contribution is -2.38. The predicted octanol–water partition coefficient (Wildman–Crippen LogP) is 3.87. The molecular formula is C16H20ClN3O. The Bertz CT molecular complexity index is 603. The van der Waals surface area contributed by atoms with E-state index in [0.29, 0.717) is 16.7 Å². The number of benzene rings is 1. The zero-order valence-electron chi connectivity index (χ0n) is 12.4. The third kappa shape index (κ3) is 3.63. The van der Waals surface area contributed by atoms with Crippen LogP contribution in [-0.2, 0) is 6.54 Å². The van der Waals surface area contributed by atoms with Crippen LogP contribution in [0.2, 0.25) is 5.02 Å². The van der Waals surface area contributed by atoms with E-state index in [2.05, 4.69) is 28.9 Å². The van der Waals surface area contributed by atoms with Crippen molar-refractivity contribution in [3.8, 4) is 11.4 Å². The molecule has 2 heterocycles. The van der Waals surface area contributed by atoms with Crippen molar-refractivity contribution in [2.45, 2.75) is 26.8 Å². The second kappa shape index (κ2) is 6.16. The molecule has 1 saturated heterocycles. The van der Waals surface area contributed by atoms with Crippen LogP contribution >= 0.6 is 11.6 Å². The maximum Gasteiger partial charge on any atom is 0.241 e. The number of halogens is 1. The largest absolute Gasteiger partial charge is 0.338 e. The number of rotatable bonds is 3. The van der Waals surface area contributed by atoms with E-state index < -0.39 is 0 Å². The van der Waals surface area contributed by atoms with Crippen molar-refractivity contribution in [3.05, 3.63) is 35.2 Å². The highest BCUT2D eigenvalue weighted by molar-refractivity contribution is 6.30. The van der Waals surface area contributed by atoms with E-state index in [-0.39, 0.29) is 0 Å². The smallest absolute Gasteiger partial charge is 0.241 e. The standard InChI is InChI=1S/C16H20ClN3O/c1-11-6-12(2)9-20(8-11)10-15-18-16(19-21-15)13-4-3-5-14(17)7-13/h3-5,7,11-12H,6,8-10H2,1-2H3/t11-,12+. The average Bonchev–Trinajstić information content (AvgIpc) is 2.86. The van der Waals surface area contributed by atoms with Gasteiger partial charge in [-0.2, -0.15) is 4.98 Å². The van der Waals surface area contributed by atoms with Crippen LogP contribution in [0.1, 0.15) is 26.2 Å². The van der Waals surface area contributed by atoms with Gasteiger partial charge in [-0.15, -0.1) is 0 Å². The molecule has 0 unspecified atom stereocenters. The Labute approximate surface area is 130 Å². The van der Waals surface area contributed by atoms with Gasteiger partial charge in [0.1, 0.15) is 0 Å². The summed E-state index contributed by atoms with van der Waals surface area (Å²) >= 11 is 5.99. The quantitative estimate of drug-likeness (QED) is 0.863. The van der Waals surface area contributed by atoms with Crippen LogP contribution in [0.15, 0.2) is 28.8 Å². The summed E-state index contributed by atoms with van der Waals surface area (Å²) in [5.74, 6) is 2.73. The molecule has 1 aliphatic heterocycles. The number of piperidine rings is 1. The highest BCUT2D eigenvalue weighted by Gasteiger charge is 2.23. The number of hydrogen-bond acceptors (Lipinski definition) is 4. The van der Waals surface area contributed by atoms with Gasteiger partial charge in [-0.1, -0.05) is 42.7 Å². The second-order valence-corrected chi connectivity index (χ2v) is 6.60. The van der Waals surface area contributed by atoms with Gasteiger partial charge in [-0.25, -0.2) is 0 Å².